The van der Waals surface area contributed by atoms with Crippen LogP contribution in [0.25, 0.3) is 0 Å². The number of rotatable bonds is 3. The van der Waals surface area contributed by atoms with Crippen LogP contribution in [0, 0.1) is 6.92 Å². The lowest BCUT2D eigenvalue weighted by Crippen LogP contribution is -2.18. The summed E-state index contributed by atoms with van der Waals surface area (Å²) < 4.78 is 0. The molecule has 1 amide bonds. The number of carbonyl (C=O) groups excluding carboxylic acids is 1. The summed E-state index contributed by atoms with van der Waals surface area (Å²) in [5.74, 6) is -0.366. The number of nitrogens with one attached hydrogen (secondary N) is 2. The van der Waals surface area contributed by atoms with Gasteiger partial charge in [0.25, 0.3) is 11.5 Å². The molecule has 2 N–H and O–H groups in total. The molecule has 0 aliphatic heterocycles. The van der Waals surface area contributed by atoms with Crippen molar-refractivity contribution in [3.63, 3.8) is 0 Å². The van der Waals surface area contributed by atoms with E-state index in [0.29, 0.717) is 5.69 Å². The van der Waals surface area contributed by atoms with E-state index in [-0.39, 0.29) is 17.2 Å². The Hall–Kier alpha value is -2.63. The van der Waals surface area contributed by atoms with E-state index >= 15 is 0 Å². The second-order valence-corrected chi connectivity index (χ2v) is 4.66. The van der Waals surface area contributed by atoms with Gasteiger partial charge in [0.05, 0.1) is 0 Å². The minimum atomic E-state index is -0.366. The molecule has 104 valence electrons. The molecule has 0 aliphatic carbocycles. The molecule has 0 saturated carbocycles. The highest BCUT2D eigenvalue weighted by Crippen LogP contribution is 2.22. The Morgan fingerprint density at radius 3 is 2.60 bits per heavy atom. The topological polar surface area (TPSA) is 78.1 Å². The average molecular weight is 272 g/mol. The summed E-state index contributed by atoms with van der Waals surface area (Å²) in [6, 6.07) is 8.30. The van der Waals surface area contributed by atoms with Crippen LogP contribution >= 0.6 is 0 Å². The van der Waals surface area contributed by atoms with E-state index in [9.17, 15) is 9.59 Å². The third-order valence-corrected chi connectivity index (χ3v) is 2.86. The lowest BCUT2D eigenvalue weighted by Gasteiger charge is -2.17. The molecule has 0 saturated heterocycles. The van der Waals surface area contributed by atoms with Crippen molar-refractivity contribution in [1.29, 1.82) is 0 Å². The highest BCUT2D eigenvalue weighted by Gasteiger charge is 2.09. The SMILES string of the molecule is Cc1ccc(NC(=O)c2ccc(=O)[nH]n2)cc1N(C)C. The predicted octanol–water partition coefficient (Wildman–Crippen LogP) is 1.40. The van der Waals surface area contributed by atoms with Crippen LogP contribution in [0.1, 0.15) is 16.1 Å². The van der Waals surface area contributed by atoms with Crippen LogP contribution in [0.2, 0.25) is 0 Å². The Morgan fingerprint density at radius 1 is 1.25 bits per heavy atom. The van der Waals surface area contributed by atoms with Crippen molar-refractivity contribution in [2.24, 2.45) is 0 Å². The maximum atomic E-state index is 12.0. The van der Waals surface area contributed by atoms with Gasteiger partial charge in [0.15, 0.2) is 0 Å². The van der Waals surface area contributed by atoms with Crippen LogP contribution in [0.5, 0.6) is 0 Å². The zero-order valence-corrected chi connectivity index (χ0v) is 11.6. The van der Waals surface area contributed by atoms with E-state index in [1.54, 1.807) is 0 Å². The molecule has 2 aromatic rings. The fraction of sp³-hybridized carbons (Fsp3) is 0.214. The minimum Gasteiger partial charge on any atom is -0.377 e. The summed E-state index contributed by atoms with van der Waals surface area (Å²) >= 11 is 0. The fourth-order valence-electron chi connectivity index (χ4n) is 1.84. The van der Waals surface area contributed by atoms with E-state index < -0.39 is 0 Å². The number of aromatic nitrogens is 2. The first-order valence-corrected chi connectivity index (χ1v) is 6.12. The molecule has 0 radical (unpaired) electrons. The first-order chi connectivity index (χ1) is 9.47. The van der Waals surface area contributed by atoms with Crippen LogP contribution in [0.15, 0.2) is 35.1 Å². The van der Waals surface area contributed by atoms with Crippen LogP contribution in [0.3, 0.4) is 0 Å². The van der Waals surface area contributed by atoms with Gasteiger partial charge in [-0.2, -0.15) is 5.10 Å². The number of benzene rings is 1. The quantitative estimate of drug-likeness (QED) is 0.885. The molecule has 1 heterocycles. The standard InChI is InChI=1S/C14H16N4O2/c1-9-4-5-10(8-12(9)18(2)3)15-14(20)11-6-7-13(19)17-16-11/h4-8H,1-3H3,(H,15,20)(H,17,19). The average Bonchev–Trinajstić information content (AvgIpc) is 2.41. The number of amides is 1. The Balaban J connectivity index is 2.21. The number of anilines is 2. The van der Waals surface area contributed by atoms with E-state index in [0.717, 1.165) is 11.3 Å². The molecule has 6 nitrogen and oxygen atoms in total. The number of carbonyl (C=O) groups is 1. The summed E-state index contributed by atoms with van der Waals surface area (Å²) in [7, 11) is 3.88. The Labute approximate surface area is 116 Å². The number of aromatic amines is 1. The predicted molar refractivity (Wildman–Crippen MR) is 78.3 cm³/mol. The lowest BCUT2D eigenvalue weighted by atomic mass is 10.1. The van der Waals surface area contributed by atoms with Crippen molar-refractivity contribution in [3.05, 3.63) is 51.9 Å². The lowest BCUT2D eigenvalue weighted by molar-refractivity contribution is 0.102. The van der Waals surface area contributed by atoms with Crippen molar-refractivity contribution in [2.45, 2.75) is 6.92 Å². The molecule has 1 aromatic heterocycles. The van der Waals surface area contributed by atoms with Crippen molar-refractivity contribution < 1.29 is 4.79 Å². The Morgan fingerprint density at radius 2 is 2.00 bits per heavy atom. The summed E-state index contributed by atoms with van der Waals surface area (Å²) in [4.78, 5) is 24.9. The van der Waals surface area contributed by atoms with Gasteiger partial charge in [-0.25, -0.2) is 5.10 Å². The molecule has 20 heavy (non-hydrogen) atoms. The van der Waals surface area contributed by atoms with Gasteiger partial charge in [-0.15, -0.1) is 0 Å². The maximum Gasteiger partial charge on any atom is 0.276 e. The Kier molecular flexibility index (Phi) is 3.84. The molecular weight excluding hydrogens is 256 g/mol. The van der Waals surface area contributed by atoms with Gasteiger partial charge in [0.2, 0.25) is 0 Å². The van der Waals surface area contributed by atoms with Crippen LogP contribution in [0.4, 0.5) is 11.4 Å². The van der Waals surface area contributed by atoms with Crippen molar-refractivity contribution in [2.75, 3.05) is 24.3 Å². The molecule has 1 aromatic carbocycles. The summed E-state index contributed by atoms with van der Waals surface area (Å²) in [6.07, 6.45) is 0. The zero-order valence-electron chi connectivity index (χ0n) is 11.6. The number of hydrogen-bond donors (Lipinski definition) is 2. The molecular formula is C14H16N4O2. The van der Waals surface area contributed by atoms with Gasteiger partial charge in [0, 0.05) is 31.5 Å². The summed E-state index contributed by atoms with van der Waals surface area (Å²) in [6.45, 7) is 2.00. The largest absolute Gasteiger partial charge is 0.377 e. The fourth-order valence-corrected chi connectivity index (χ4v) is 1.84. The van der Waals surface area contributed by atoms with E-state index in [1.165, 1.54) is 12.1 Å². The summed E-state index contributed by atoms with van der Waals surface area (Å²) in [5, 5.41) is 8.67. The van der Waals surface area contributed by atoms with Crippen molar-refractivity contribution >= 4 is 17.3 Å². The monoisotopic (exact) mass is 272 g/mol. The second kappa shape index (κ2) is 5.56. The van der Waals surface area contributed by atoms with Crippen LogP contribution < -0.4 is 15.8 Å². The summed E-state index contributed by atoms with van der Waals surface area (Å²) in [5.41, 5.74) is 2.65. The number of H-pyrrole nitrogens is 1. The molecule has 0 fully saturated rings. The zero-order chi connectivity index (χ0) is 14.7. The minimum absolute atomic E-state index is 0.163. The highest BCUT2D eigenvalue weighted by atomic mass is 16.2. The van der Waals surface area contributed by atoms with Gasteiger partial charge < -0.3 is 10.2 Å². The van der Waals surface area contributed by atoms with E-state index in [4.69, 9.17) is 0 Å². The molecule has 0 spiro atoms. The van der Waals surface area contributed by atoms with Crippen LogP contribution in [-0.4, -0.2) is 30.2 Å². The molecule has 0 aliphatic rings. The Bertz CT molecular complexity index is 671. The third kappa shape index (κ3) is 3.03. The normalized spacial score (nSPS) is 10.2. The molecule has 0 unspecified atom stereocenters. The van der Waals surface area contributed by atoms with E-state index in [1.807, 2.05) is 44.1 Å². The van der Waals surface area contributed by atoms with Gasteiger partial charge in [-0.05, 0) is 30.7 Å². The second-order valence-electron chi connectivity index (χ2n) is 4.66. The van der Waals surface area contributed by atoms with Crippen molar-refractivity contribution in [1.82, 2.24) is 10.2 Å². The highest BCUT2D eigenvalue weighted by molar-refractivity contribution is 6.02. The number of hydrogen-bond acceptors (Lipinski definition) is 4. The number of nitrogens with zero attached hydrogens (tertiary/aromatic N) is 2. The molecule has 2 rings (SSSR count). The van der Waals surface area contributed by atoms with Gasteiger partial charge in [-0.3, -0.25) is 9.59 Å². The van der Waals surface area contributed by atoms with Gasteiger partial charge in [0.1, 0.15) is 5.69 Å². The first kappa shape index (κ1) is 13.8. The van der Waals surface area contributed by atoms with Gasteiger partial charge >= 0.3 is 0 Å². The first-order valence-electron chi connectivity index (χ1n) is 6.12. The molecule has 0 atom stereocenters. The van der Waals surface area contributed by atoms with E-state index in [2.05, 4.69) is 15.5 Å². The van der Waals surface area contributed by atoms with Gasteiger partial charge in [-0.1, -0.05) is 6.07 Å². The molecule has 0 bridgehead atoms. The van der Waals surface area contributed by atoms with Crippen molar-refractivity contribution in [3.8, 4) is 0 Å². The number of aryl methyl sites for hydroxylation is 1. The molecule has 6 heteroatoms. The smallest absolute Gasteiger partial charge is 0.276 e. The maximum absolute atomic E-state index is 12.0. The van der Waals surface area contributed by atoms with Crippen LogP contribution in [-0.2, 0) is 0 Å². The third-order valence-electron chi connectivity index (χ3n) is 2.86.